The number of H-pyrrole nitrogens is 1. The number of ether oxygens (including phenoxy) is 3. The highest BCUT2D eigenvalue weighted by atomic mass is 16.5. The minimum Gasteiger partial charge on any atom is -0.508 e. The van der Waals surface area contributed by atoms with Crippen molar-refractivity contribution >= 4 is 58.3 Å². The van der Waals surface area contributed by atoms with E-state index in [-0.39, 0.29) is 57.6 Å². The third-order valence-electron chi connectivity index (χ3n) is 9.34. The average molecular weight is 890 g/mol. The number of aromatic nitrogens is 4. The van der Waals surface area contributed by atoms with Crippen LogP contribution in [0.3, 0.4) is 0 Å². The molecule has 334 valence electrons. The fourth-order valence-electron chi connectivity index (χ4n) is 6.03. The number of carboxylic acid groups (broad SMARTS) is 1. The molecule has 0 saturated carbocycles. The van der Waals surface area contributed by atoms with Crippen molar-refractivity contribution in [2.75, 3.05) is 35.5 Å². The summed E-state index contributed by atoms with van der Waals surface area (Å²) in [5.41, 5.74) is -0.0104. The van der Waals surface area contributed by atoms with E-state index in [2.05, 4.69) is 47.0 Å². The van der Waals surface area contributed by atoms with Crippen molar-refractivity contribution in [1.29, 1.82) is 0 Å². The van der Waals surface area contributed by atoms with E-state index in [0.717, 1.165) is 13.2 Å². The predicted octanol–water partition coefficient (Wildman–Crippen LogP) is 3.92. The van der Waals surface area contributed by atoms with E-state index in [1.807, 2.05) is 0 Å². The molecule has 0 spiro atoms. The molecular formula is C43H39N9O13. The number of phenolic OH excluding ortho intramolecular Hbond substituents is 2. The molecule has 0 aliphatic rings. The second-order valence-electron chi connectivity index (χ2n) is 13.7. The zero-order valence-corrected chi connectivity index (χ0v) is 34.4. The highest BCUT2D eigenvalue weighted by Crippen LogP contribution is 2.40. The number of amides is 5. The molecule has 0 radical (unpaired) electrons. The van der Waals surface area contributed by atoms with Gasteiger partial charge in [0.15, 0.2) is 29.1 Å². The van der Waals surface area contributed by atoms with Crippen LogP contribution in [0, 0.1) is 0 Å². The van der Waals surface area contributed by atoms with Gasteiger partial charge in [0.1, 0.15) is 28.8 Å². The molecule has 0 bridgehead atoms. The number of aromatic carboxylic acids is 1. The van der Waals surface area contributed by atoms with Crippen LogP contribution >= 0.6 is 0 Å². The largest absolute Gasteiger partial charge is 0.508 e. The lowest BCUT2D eigenvalue weighted by Gasteiger charge is -2.18. The quantitative estimate of drug-likeness (QED) is 0.0620. The first-order chi connectivity index (χ1) is 31.1. The van der Waals surface area contributed by atoms with E-state index in [9.17, 15) is 49.2 Å². The second kappa shape index (κ2) is 20.1. The number of rotatable bonds is 17. The molecule has 22 heteroatoms. The Morgan fingerprint density at radius 3 is 1.86 bits per heavy atom. The summed E-state index contributed by atoms with van der Waals surface area (Å²) in [7, 11) is 2.34. The summed E-state index contributed by atoms with van der Waals surface area (Å²) in [6.07, 6.45) is 1.70. The number of phenols is 3. The average Bonchev–Trinajstić information content (AvgIpc) is 3.80. The first-order valence-corrected chi connectivity index (χ1v) is 19.1. The Morgan fingerprint density at radius 2 is 1.28 bits per heavy atom. The van der Waals surface area contributed by atoms with E-state index in [1.54, 1.807) is 6.92 Å². The zero-order chi connectivity index (χ0) is 46.8. The fraction of sp³-hybridized carbons (Fsp3) is 0.140. The van der Waals surface area contributed by atoms with Crippen molar-refractivity contribution in [3.05, 3.63) is 125 Å². The van der Waals surface area contributed by atoms with Crippen molar-refractivity contribution in [2.45, 2.75) is 25.5 Å². The number of aromatic hydroxyl groups is 3. The Kier molecular flexibility index (Phi) is 14.0. The number of aromatic amines is 1. The Balaban J connectivity index is 1.07. The monoisotopic (exact) mass is 889 g/mol. The van der Waals surface area contributed by atoms with Crippen molar-refractivity contribution in [2.24, 2.45) is 0 Å². The van der Waals surface area contributed by atoms with Crippen LogP contribution in [0.1, 0.15) is 54.2 Å². The van der Waals surface area contributed by atoms with Gasteiger partial charge in [-0.25, -0.2) is 9.78 Å². The number of pyridine rings is 1. The van der Waals surface area contributed by atoms with Crippen LogP contribution in [0.25, 0.3) is 0 Å². The zero-order valence-electron chi connectivity index (χ0n) is 34.4. The van der Waals surface area contributed by atoms with E-state index in [0.29, 0.717) is 17.1 Å². The summed E-state index contributed by atoms with van der Waals surface area (Å²) in [6.45, 7) is 1.55. The highest BCUT2D eigenvalue weighted by Gasteiger charge is 2.26. The molecule has 0 saturated heterocycles. The lowest BCUT2D eigenvalue weighted by molar-refractivity contribution is -0.122. The molecule has 0 unspecified atom stereocenters. The third-order valence-corrected chi connectivity index (χ3v) is 9.34. The van der Waals surface area contributed by atoms with Crippen LogP contribution in [-0.2, 0) is 16.0 Å². The van der Waals surface area contributed by atoms with Gasteiger partial charge in [0.05, 0.1) is 48.7 Å². The molecule has 5 amide bonds. The highest BCUT2D eigenvalue weighted by molar-refractivity contribution is 6.10. The summed E-state index contributed by atoms with van der Waals surface area (Å²) in [5, 5.41) is 63.1. The number of nitrogens with one attached hydrogen (secondary N) is 6. The van der Waals surface area contributed by atoms with Gasteiger partial charge in [-0.05, 0) is 91.9 Å². The SMILES string of the molecule is COc1c(NC(=O)c2ccc(NC(=O)c3ccc(NC(=O)[C@H](Cc4c[nH]nn4)NC(=O)c4ccc(NC(=O)[C@@H](C)Oc5ccc(O)cc5)cc4)cn3)c(OC)c2O)ccc(C(=O)O)c1O. The Hall–Kier alpha value is -9.21. The number of nitrogens with zero attached hydrogens (tertiary/aromatic N) is 3. The van der Waals surface area contributed by atoms with Crippen LogP contribution in [0.2, 0.25) is 0 Å². The smallest absolute Gasteiger partial charge is 0.339 e. The summed E-state index contributed by atoms with van der Waals surface area (Å²) < 4.78 is 16.0. The summed E-state index contributed by atoms with van der Waals surface area (Å²) >= 11 is 0. The number of carbonyl (C=O) groups is 6. The molecule has 65 heavy (non-hydrogen) atoms. The molecule has 2 heterocycles. The topological polar surface area (TPSA) is 326 Å². The van der Waals surface area contributed by atoms with E-state index >= 15 is 0 Å². The fourth-order valence-corrected chi connectivity index (χ4v) is 6.03. The van der Waals surface area contributed by atoms with Crippen molar-refractivity contribution in [1.82, 2.24) is 25.7 Å². The van der Waals surface area contributed by atoms with Crippen LogP contribution < -0.4 is 40.8 Å². The number of carboxylic acids is 1. The molecule has 10 N–H and O–H groups in total. The Bertz CT molecular complexity index is 2730. The van der Waals surface area contributed by atoms with Gasteiger partial charge in [-0.1, -0.05) is 5.21 Å². The third kappa shape index (κ3) is 11.0. The number of hydrogen-bond donors (Lipinski definition) is 10. The normalized spacial score (nSPS) is 11.6. The number of methoxy groups -OCH3 is 2. The molecule has 0 fully saturated rings. The summed E-state index contributed by atoms with van der Waals surface area (Å²) in [4.78, 5) is 81.5. The van der Waals surface area contributed by atoms with Crippen LogP contribution in [-0.4, -0.2) is 103 Å². The van der Waals surface area contributed by atoms with Gasteiger partial charge in [-0.15, -0.1) is 5.10 Å². The molecule has 6 aromatic rings. The van der Waals surface area contributed by atoms with Gasteiger partial charge in [0, 0.05) is 23.9 Å². The summed E-state index contributed by atoms with van der Waals surface area (Å²) in [6, 6.07) is 18.0. The van der Waals surface area contributed by atoms with Gasteiger partial charge in [0.2, 0.25) is 5.91 Å². The van der Waals surface area contributed by atoms with Crippen LogP contribution in [0.4, 0.5) is 22.7 Å². The second-order valence-corrected chi connectivity index (χ2v) is 13.7. The molecule has 0 aliphatic heterocycles. The van der Waals surface area contributed by atoms with Crippen molar-refractivity contribution in [3.63, 3.8) is 0 Å². The maximum atomic E-state index is 13.5. The maximum Gasteiger partial charge on any atom is 0.339 e. The lowest BCUT2D eigenvalue weighted by Crippen LogP contribution is -2.45. The van der Waals surface area contributed by atoms with E-state index in [1.165, 1.54) is 98.4 Å². The van der Waals surface area contributed by atoms with Gasteiger partial charge in [-0.2, -0.15) is 0 Å². The van der Waals surface area contributed by atoms with Gasteiger partial charge < -0.3 is 61.2 Å². The van der Waals surface area contributed by atoms with Crippen LogP contribution in [0.5, 0.6) is 34.5 Å². The van der Waals surface area contributed by atoms with Gasteiger partial charge in [-0.3, -0.25) is 29.1 Å². The summed E-state index contributed by atoms with van der Waals surface area (Å²) in [5.74, 6) is -6.44. The van der Waals surface area contributed by atoms with Crippen molar-refractivity contribution < 1.29 is 63.4 Å². The number of carbonyl (C=O) groups excluding carboxylic acids is 5. The number of benzene rings is 4. The lowest BCUT2D eigenvalue weighted by atomic mass is 10.1. The maximum absolute atomic E-state index is 13.5. The molecular weight excluding hydrogens is 851 g/mol. The molecule has 2 atom stereocenters. The number of hydrogen-bond acceptors (Lipinski definition) is 15. The Labute approximate surface area is 367 Å². The Morgan fingerprint density at radius 1 is 0.677 bits per heavy atom. The number of anilines is 4. The van der Waals surface area contributed by atoms with E-state index < -0.39 is 64.7 Å². The molecule has 2 aromatic heterocycles. The molecule has 0 aliphatic carbocycles. The van der Waals surface area contributed by atoms with Crippen molar-refractivity contribution in [3.8, 4) is 34.5 Å². The first kappa shape index (κ1) is 45.3. The molecule has 4 aromatic carbocycles. The first-order valence-electron chi connectivity index (χ1n) is 19.1. The van der Waals surface area contributed by atoms with E-state index in [4.69, 9.17) is 14.2 Å². The minimum absolute atomic E-state index is 0.0516. The molecule has 22 nitrogen and oxygen atoms in total. The van der Waals surface area contributed by atoms with Gasteiger partial charge >= 0.3 is 5.97 Å². The minimum atomic E-state index is -1.43. The predicted molar refractivity (Wildman–Crippen MR) is 230 cm³/mol. The standard InChI is InChI=1S/C43H39N9O13/c1-21(65-27-11-9-26(53)10-12-27)38(56)46-23-6-4-22(5-7-23)39(57)50-33(18-25-20-45-52-51-25)42(60)47-24-8-15-32(44-19-24)41(59)49-31-16-13-28(34(54)36(31)63-2)40(58)48-30-17-14-29(43(61)62)35(55)37(30)64-3/h4-17,19-21,33,53-55H,18H2,1-3H3,(H,46,56)(H,47,60)(H,48,58)(H,49,59)(H,50,57)(H,61,62)(H,45,51,52)/t21-,33+/m1/s1. The van der Waals surface area contributed by atoms with Gasteiger partial charge in [0.25, 0.3) is 23.6 Å². The van der Waals surface area contributed by atoms with Crippen LogP contribution in [0.15, 0.2) is 97.3 Å². The molecule has 6 rings (SSSR count).